The van der Waals surface area contributed by atoms with Crippen LogP contribution in [0, 0.1) is 5.82 Å². The summed E-state index contributed by atoms with van der Waals surface area (Å²) in [5, 5.41) is 8.42. The number of halogens is 1. The third kappa shape index (κ3) is 2.73. The molecule has 0 fully saturated rings. The fourth-order valence-electron chi connectivity index (χ4n) is 1.10. The highest BCUT2D eigenvalue weighted by Crippen LogP contribution is 2.17. The van der Waals surface area contributed by atoms with E-state index in [0.717, 1.165) is 0 Å². The van der Waals surface area contributed by atoms with E-state index >= 15 is 0 Å². The first kappa shape index (κ1) is 10.5. The first-order valence-electron chi connectivity index (χ1n) is 4.17. The molecule has 1 rings (SSSR count). The average Bonchev–Trinajstić information content (AvgIpc) is 2.15. The second-order valence-electron chi connectivity index (χ2n) is 2.85. The Kier molecular flexibility index (Phi) is 3.45. The molecule has 0 saturated heterocycles. The zero-order valence-corrected chi connectivity index (χ0v) is 7.79. The number of ether oxygens (including phenoxy) is 1. The molecule has 0 amide bonds. The number of carbonyl (C=O) groups is 1. The lowest BCUT2D eigenvalue weighted by Crippen LogP contribution is -1.99. The van der Waals surface area contributed by atoms with Gasteiger partial charge in [0.25, 0.3) is 0 Å². The normalized spacial score (nSPS) is 9.86. The average molecular weight is 198 g/mol. The number of rotatable bonds is 4. The molecule has 0 aromatic heterocycles. The van der Waals surface area contributed by atoms with Crippen molar-refractivity contribution >= 4 is 5.97 Å². The van der Waals surface area contributed by atoms with Gasteiger partial charge in [0.15, 0.2) is 0 Å². The van der Waals surface area contributed by atoms with Crippen LogP contribution in [0.25, 0.3) is 0 Å². The van der Waals surface area contributed by atoms with E-state index in [4.69, 9.17) is 9.84 Å². The zero-order valence-electron chi connectivity index (χ0n) is 7.79. The van der Waals surface area contributed by atoms with Gasteiger partial charge in [0.1, 0.15) is 11.6 Å². The van der Waals surface area contributed by atoms with Gasteiger partial charge in [-0.25, -0.2) is 4.39 Å². The maximum absolute atomic E-state index is 13.2. The van der Waals surface area contributed by atoms with Crippen molar-refractivity contribution in [2.45, 2.75) is 12.8 Å². The quantitative estimate of drug-likeness (QED) is 0.803. The van der Waals surface area contributed by atoms with Gasteiger partial charge in [-0.2, -0.15) is 0 Å². The van der Waals surface area contributed by atoms with Crippen LogP contribution >= 0.6 is 0 Å². The molecule has 0 atom stereocenters. The topological polar surface area (TPSA) is 46.5 Å². The molecule has 0 aliphatic heterocycles. The van der Waals surface area contributed by atoms with E-state index in [2.05, 4.69) is 0 Å². The van der Waals surface area contributed by atoms with Gasteiger partial charge in [0.05, 0.1) is 7.11 Å². The van der Waals surface area contributed by atoms with Crippen molar-refractivity contribution in [3.8, 4) is 5.75 Å². The Morgan fingerprint density at radius 1 is 1.57 bits per heavy atom. The highest BCUT2D eigenvalue weighted by Gasteiger charge is 2.05. The van der Waals surface area contributed by atoms with E-state index in [1.165, 1.54) is 19.2 Å². The molecule has 3 nitrogen and oxygen atoms in total. The second kappa shape index (κ2) is 4.60. The Hall–Kier alpha value is -1.58. The fraction of sp³-hybridized carbons (Fsp3) is 0.300. The fourth-order valence-corrected chi connectivity index (χ4v) is 1.10. The summed E-state index contributed by atoms with van der Waals surface area (Å²) in [6, 6.07) is 4.40. The number of carboxylic acids is 1. The molecular formula is C10H11FO3. The summed E-state index contributed by atoms with van der Waals surface area (Å²) in [5.74, 6) is -0.924. The SMILES string of the molecule is COc1ccc(CCC(=O)O)c(F)c1. The van der Waals surface area contributed by atoms with Crippen LogP contribution < -0.4 is 4.74 Å². The number of benzene rings is 1. The van der Waals surface area contributed by atoms with Gasteiger partial charge in [0, 0.05) is 12.5 Å². The van der Waals surface area contributed by atoms with Crippen LogP contribution in [0.2, 0.25) is 0 Å². The summed E-state index contributed by atoms with van der Waals surface area (Å²) in [5.41, 5.74) is 0.396. The van der Waals surface area contributed by atoms with Gasteiger partial charge in [-0.3, -0.25) is 4.79 Å². The molecule has 0 heterocycles. The Morgan fingerprint density at radius 2 is 2.29 bits per heavy atom. The number of aliphatic carboxylic acids is 1. The molecule has 0 saturated carbocycles. The van der Waals surface area contributed by atoms with Crippen molar-refractivity contribution in [1.29, 1.82) is 0 Å². The van der Waals surface area contributed by atoms with Gasteiger partial charge >= 0.3 is 5.97 Å². The monoisotopic (exact) mass is 198 g/mol. The number of carboxylic acid groups (broad SMARTS) is 1. The lowest BCUT2D eigenvalue weighted by atomic mass is 10.1. The lowest BCUT2D eigenvalue weighted by Gasteiger charge is -2.03. The van der Waals surface area contributed by atoms with Crippen molar-refractivity contribution in [3.05, 3.63) is 29.6 Å². The highest BCUT2D eigenvalue weighted by atomic mass is 19.1. The Labute approximate surface area is 81.1 Å². The molecule has 14 heavy (non-hydrogen) atoms. The largest absolute Gasteiger partial charge is 0.497 e. The smallest absolute Gasteiger partial charge is 0.303 e. The molecule has 0 bridgehead atoms. The van der Waals surface area contributed by atoms with E-state index in [1.54, 1.807) is 6.07 Å². The van der Waals surface area contributed by atoms with Gasteiger partial charge in [-0.15, -0.1) is 0 Å². The summed E-state index contributed by atoms with van der Waals surface area (Å²) >= 11 is 0. The molecule has 1 N–H and O–H groups in total. The molecule has 1 aromatic carbocycles. The van der Waals surface area contributed by atoms with E-state index in [9.17, 15) is 9.18 Å². The maximum atomic E-state index is 13.2. The Balaban J connectivity index is 2.73. The van der Waals surface area contributed by atoms with Crippen LogP contribution in [0.4, 0.5) is 4.39 Å². The minimum absolute atomic E-state index is 0.0662. The molecule has 76 valence electrons. The van der Waals surface area contributed by atoms with Gasteiger partial charge in [-0.05, 0) is 18.1 Å². The van der Waals surface area contributed by atoms with Crippen molar-refractivity contribution in [2.75, 3.05) is 7.11 Å². The van der Waals surface area contributed by atoms with Crippen LogP contribution in [-0.2, 0) is 11.2 Å². The van der Waals surface area contributed by atoms with Gasteiger partial charge < -0.3 is 9.84 Å². The van der Waals surface area contributed by atoms with Crippen LogP contribution in [0.1, 0.15) is 12.0 Å². The molecule has 0 radical (unpaired) electrons. The van der Waals surface area contributed by atoms with Crippen molar-refractivity contribution < 1.29 is 19.0 Å². The first-order valence-corrected chi connectivity index (χ1v) is 4.17. The maximum Gasteiger partial charge on any atom is 0.303 e. The van der Waals surface area contributed by atoms with Crippen molar-refractivity contribution in [3.63, 3.8) is 0 Å². The van der Waals surface area contributed by atoms with Crippen LogP contribution in [0.15, 0.2) is 18.2 Å². The molecular weight excluding hydrogens is 187 g/mol. The predicted molar refractivity (Wildman–Crippen MR) is 48.9 cm³/mol. The Morgan fingerprint density at radius 3 is 2.79 bits per heavy atom. The standard InChI is InChI=1S/C10H11FO3/c1-14-8-4-2-7(9(11)6-8)3-5-10(12)13/h2,4,6H,3,5H2,1H3,(H,12,13). The van der Waals surface area contributed by atoms with E-state index in [-0.39, 0.29) is 12.8 Å². The molecule has 1 aromatic rings. The third-order valence-corrected chi connectivity index (χ3v) is 1.87. The molecule has 0 spiro atoms. The van der Waals surface area contributed by atoms with Crippen LogP contribution in [0.5, 0.6) is 5.75 Å². The van der Waals surface area contributed by atoms with Gasteiger partial charge in [-0.1, -0.05) is 6.07 Å². The predicted octanol–water partition coefficient (Wildman–Crippen LogP) is 1.85. The van der Waals surface area contributed by atoms with E-state index < -0.39 is 11.8 Å². The third-order valence-electron chi connectivity index (χ3n) is 1.87. The highest BCUT2D eigenvalue weighted by molar-refractivity contribution is 5.67. The van der Waals surface area contributed by atoms with Gasteiger partial charge in [0.2, 0.25) is 0 Å². The first-order chi connectivity index (χ1) is 6.63. The lowest BCUT2D eigenvalue weighted by molar-refractivity contribution is -0.136. The minimum Gasteiger partial charge on any atom is -0.497 e. The summed E-state index contributed by atoms with van der Waals surface area (Å²) in [6.07, 6.45) is 0.133. The van der Waals surface area contributed by atoms with Crippen LogP contribution in [-0.4, -0.2) is 18.2 Å². The Bertz CT molecular complexity index is 336. The number of aryl methyl sites for hydroxylation is 1. The van der Waals surface area contributed by atoms with E-state index in [0.29, 0.717) is 11.3 Å². The summed E-state index contributed by atoms with van der Waals surface area (Å²) in [6.45, 7) is 0. The summed E-state index contributed by atoms with van der Waals surface area (Å²) < 4.78 is 18.0. The summed E-state index contributed by atoms with van der Waals surface area (Å²) in [4.78, 5) is 10.3. The summed E-state index contributed by atoms with van der Waals surface area (Å²) in [7, 11) is 1.45. The second-order valence-corrected chi connectivity index (χ2v) is 2.85. The zero-order chi connectivity index (χ0) is 10.6. The van der Waals surface area contributed by atoms with Crippen LogP contribution in [0.3, 0.4) is 0 Å². The molecule has 0 unspecified atom stereocenters. The van der Waals surface area contributed by atoms with Crippen molar-refractivity contribution in [2.24, 2.45) is 0 Å². The molecule has 0 aliphatic carbocycles. The number of methoxy groups -OCH3 is 1. The molecule has 0 aliphatic rings. The molecule has 4 heteroatoms. The van der Waals surface area contributed by atoms with E-state index in [1.807, 2.05) is 0 Å². The minimum atomic E-state index is -0.930. The van der Waals surface area contributed by atoms with Crippen molar-refractivity contribution in [1.82, 2.24) is 0 Å². The number of hydrogen-bond acceptors (Lipinski definition) is 2. The number of hydrogen-bond donors (Lipinski definition) is 1.